The smallest absolute Gasteiger partial charge is 0.251 e. The van der Waals surface area contributed by atoms with E-state index in [2.05, 4.69) is 15.7 Å². The number of carbonyl (C=O) groups is 1. The normalized spacial score (nSPS) is 10.2. The summed E-state index contributed by atoms with van der Waals surface area (Å²) in [4.78, 5) is 11.7. The molecule has 106 valence electrons. The summed E-state index contributed by atoms with van der Waals surface area (Å²) in [6, 6.07) is 7.15. The van der Waals surface area contributed by atoms with Crippen molar-refractivity contribution in [3.05, 3.63) is 42.2 Å². The zero-order valence-corrected chi connectivity index (χ0v) is 11.5. The standard InChI is InChI=1S/C14H19N5O/c1-2-16-14(20)11-4-5-13(12(15)10-11)17-7-9-19-8-3-6-18-19/h3-6,8,10,17H,2,7,9,15H2,1H3,(H,16,20). The van der Waals surface area contributed by atoms with Crippen LogP contribution < -0.4 is 16.4 Å². The fourth-order valence-corrected chi connectivity index (χ4v) is 1.87. The van der Waals surface area contributed by atoms with Crippen molar-refractivity contribution in [3.8, 4) is 0 Å². The predicted octanol–water partition coefficient (Wildman–Crippen LogP) is 1.33. The van der Waals surface area contributed by atoms with Crippen LogP contribution in [-0.4, -0.2) is 28.8 Å². The number of amides is 1. The van der Waals surface area contributed by atoms with Crippen molar-refractivity contribution in [2.45, 2.75) is 13.5 Å². The van der Waals surface area contributed by atoms with Gasteiger partial charge in [-0.15, -0.1) is 0 Å². The van der Waals surface area contributed by atoms with Crippen LogP contribution in [-0.2, 0) is 6.54 Å². The first-order valence-corrected chi connectivity index (χ1v) is 6.59. The Morgan fingerprint density at radius 2 is 2.30 bits per heavy atom. The molecule has 0 saturated heterocycles. The van der Waals surface area contributed by atoms with E-state index in [9.17, 15) is 4.79 Å². The summed E-state index contributed by atoms with van der Waals surface area (Å²) in [5, 5.41) is 10.1. The van der Waals surface area contributed by atoms with Crippen LogP contribution in [0.2, 0.25) is 0 Å². The van der Waals surface area contributed by atoms with Crippen LogP contribution in [0.15, 0.2) is 36.7 Å². The second kappa shape index (κ2) is 6.60. The van der Waals surface area contributed by atoms with Gasteiger partial charge in [0.25, 0.3) is 5.91 Å². The number of anilines is 2. The zero-order valence-electron chi connectivity index (χ0n) is 11.5. The number of aromatic nitrogens is 2. The zero-order chi connectivity index (χ0) is 14.4. The van der Waals surface area contributed by atoms with Crippen LogP contribution >= 0.6 is 0 Å². The van der Waals surface area contributed by atoms with E-state index in [0.717, 1.165) is 12.2 Å². The highest BCUT2D eigenvalue weighted by Crippen LogP contribution is 2.19. The van der Waals surface area contributed by atoms with Crippen molar-refractivity contribution < 1.29 is 4.79 Å². The van der Waals surface area contributed by atoms with Gasteiger partial charge in [-0.3, -0.25) is 9.48 Å². The van der Waals surface area contributed by atoms with Gasteiger partial charge < -0.3 is 16.4 Å². The van der Waals surface area contributed by atoms with Gasteiger partial charge >= 0.3 is 0 Å². The molecule has 1 aromatic carbocycles. The van der Waals surface area contributed by atoms with E-state index in [1.165, 1.54) is 0 Å². The van der Waals surface area contributed by atoms with Gasteiger partial charge in [0.2, 0.25) is 0 Å². The molecular formula is C14H19N5O. The third-order valence-electron chi connectivity index (χ3n) is 2.87. The highest BCUT2D eigenvalue weighted by atomic mass is 16.1. The fourth-order valence-electron chi connectivity index (χ4n) is 1.87. The second-order valence-corrected chi connectivity index (χ2v) is 4.36. The second-order valence-electron chi connectivity index (χ2n) is 4.36. The highest BCUT2D eigenvalue weighted by molar-refractivity contribution is 5.96. The van der Waals surface area contributed by atoms with Gasteiger partial charge in [0.1, 0.15) is 0 Å². The van der Waals surface area contributed by atoms with Gasteiger partial charge in [0, 0.05) is 31.0 Å². The van der Waals surface area contributed by atoms with E-state index in [1.807, 2.05) is 29.9 Å². The molecule has 0 fully saturated rings. The first kappa shape index (κ1) is 13.9. The molecule has 4 N–H and O–H groups in total. The molecule has 6 heteroatoms. The average Bonchev–Trinajstić information content (AvgIpc) is 2.94. The Hall–Kier alpha value is -2.50. The number of nitrogens with zero attached hydrogens (tertiary/aromatic N) is 2. The summed E-state index contributed by atoms with van der Waals surface area (Å²) >= 11 is 0. The van der Waals surface area contributed by atoms with Crippen LogP contribution in [0.25, 0.3) is 0 Å². The van der Waals surface area contributed by atoms with Crippen LogP contribution in [0.3, 0.4) is 0 Å². The van der Waals surface area contributed by atoms with Crippen molar-refractivity contribution in [2.75, 3.05) is 24.1 Å². The molecule has 0 bridgehead atoms. The summed E-state index contributed by atoms with van der Waals surface area (Å²) in [5.74, 6) is -0.109. The van der Waals surface area contributed by atoms with Crippen LogP contribution in [0.5, 0.6) is 0 Å². The molecule has 1 heterocycles. The number of carbonyl (C=O) groups excluding carboxylic acids is 1. The summed E-state index contributed by atoms with van der Waals surface area (Å²) in [6.45, 7) is 3.95. The van der Waals surface area contributed by atoms with Crippen molar-refractivity contribution in [1.29, 1.82) is 0 Å². The lowest BCUT2D eigenvalue weighted by Crippen LogP contribution is -2.22. The first-order chi connectivity index (χ1) is 9.70. The van der Waals surface area contributed by atoms with Crippen molar-refractivity contribution in [3.63, 3.8) is 0 Å². The van der Waals surface area contributed by atoms with Gasteiger partial charge in [-0.05, 0) is 31.2 Å². The Balaban J connectivity index is 1.93. The third kappa shape index (κ3) is 3.50. The molecular weight excluding hydrogens is 254 g/mol. The topological polar surface area (TPSA) is 85.0 Å². The van der Waals surface area contributed by atoms with E-state index < -0.39 is 0 Å². The van der Waals surface area contributed by atoms with E-state index in [4.69, 9.17) is 5.73 Å². The maximum absolute atomic E-state index is 11.7. The minimum absolute atomic E-state index is 0.109. The summed E-state index contributed by atoms with van der Waals surface area (Å²) in [7, 11) is 0. The molecule has 0 spiro atoms. The van der Waals surface area contributed by atoms with E-state index in [1.54, 1.807) is 18.3 Å². The predicted molar refractivity (Wildman–Crippen MR) is 79.6 cm³/mol. The minimum Gasteiger partial charge on any atom is -0.397 e. The Morgan fingerprint density at radius 3 is 2.95 bits per heavy atom. The molecule has 0 saturated carbocycles. The van der Waals surface area contributed by atoms with E-state index in [-0.39, 0.29) is 5.91 Å². The van der Waals surface area contributed by atoms with Gasteiger partial charge in [-0.2, -0.15) is 5.10 Å². The number of nitrogen functional groups attached to an aromatic ring is 1. The molecule has 0 atom stereocenters. The monoisotopic (exact) mass is 273 g/mol. The van der Waals surface area contributed by atoms with Crippen LogP contribution in [0.1, 0.15) is 17.3 Å². The quantitative estimate of drug-likeness (QED) is 0.693. The number of hydrogen-bond donors (Lipinski definition) is 3. The molecule has 6 nitrogen and oxygen atoms in total. The highest BCUT2D eigenvalue weighted by Gasteiger charge is 2.06. The Kier molecular flexibility index (Phi) is 4.60. The lowest BCUT2D eigenvalue weighted by atomic mass is 10.1. The van der Waals surface area contributed by atoms with Gasteiger partial charge in [0.15, 0.2) is 0 Å². The Labute approximate surface area is 118 Å². The average molecular weight is 273 g/mol. The number of benzene rings is 1. The van der Waals surface area contributed by atoms with Gasteiger partial charge in [-0.1, -0.05) is 0 Å². The van der Waals surface area contributed by atoms with Crippen LogP contribution in [0, 0.1) is 0 Å². The molecule has 0 aliphatic heterocycles. The maximum atomic E-state index is 11.7. The number of hydrogen-bond acceptors (Lipinski definition) is 4. The van der Waals surface area contributed by atoms with Crippen molar-refractivity contribution >= 4 is 17.3 Å². The molecule has 0 aliphatic rings. The Morgan fingerprint density at radius 1 is 1.45 bits per heavy atom. The largest absolute Gasteiger partial charge is 0.397 e. The van der Waals surface area contributed by atoms with Gasteiger partial charge in [0.05, 0.1) is 17.9 Å². The van der Waals surface area contributed by atoms with E-state index in [0.29, 0.717) is 24.3 Å². The third-order valence-corrected chi connectivity index (χ3v) is 2.87. The summed E-state index contributed by atoms with van der Waals surface area (Å²) < 4.78 is 1.84. The summed E-state index contributed by atoms with van der Waals surface area (Å²) in [5.41, 5.74) is 7.91. The number of nitrogens with two attached hydrogens (primary N) is 1. The lowest BCUT2D eigenvalue weighted by molar-refractivity contribution is 0.0956. The fraction of sp³-hybridized carbons (Fsp3) is 0.286. The number of rotatable bonds is 6. The number of nitrogens with one attached hydrogen (secondary N) is 2. The van der Waals surface area contributed by atoms with Crippen LogP contribution in [0.4, 0.5) is 11.4 Å². The van der Waals surface area contributed by atoms with Crippen molar-refractivity contribution in [2.24, 2.45) is 0 Å². The maximum Gasteiger partial charge on any atom is 0.251 e. The molecule has 0 radical (unpaired) electrons. The minimum atomic E-state index is -0.109. The molecule has 20 heavy (non-hydrogen) atoms. The summed E-state index contributed by atoms with van der Waals surface area (Å²) in [6.07, 6.45) is 3.65. The Bertz CT molecular complexity index is 565. The van der Waals surface area contributed by atoms with Gasteiger partial charge in [-0.25, -0.2) is 0 Å². The SMILES string of the molecule is CCNC(=O)c1ccc(NCCn2cccn2)c(N)c1. The van der Waals surface area contributed by atoms with Crippen molar-refractivity contribution in [1.82, 2.24) is 15.1 Å². The molecule has 0 unspecified atom stereocenters. The van der Waals surface area contributed by atoms with E-state index >= 15 is 0 Å². The molecule has 0 aliphatic carbocycles. The molecule has 1 amide bonds. The molecule has 2 rings (SSSR count). The first-order valence-electron chi connectivity index (χ1n) is 6.59. The lowest BCUT2D eigenvalue weighted by Gasteiger charge is -2.11. The molecule has 1 aromatic heterocycles. The molecule has 2 aromatic rings.